The molecule has 3 atom stereocenters. The number of fused-ring (bicyclic) bond motifs is 2. The molecule has 0 radical (unpaired) electrons. The molecule has 2 bridgehead atoms. The second-order valence-corrected chi connectivity index (χ2v) is 9.56. The molecule has 0 saturated carbocycles. The topological polar surface area (TPSA) is 75.2 Å². The zero-order valence-electron chi connectivity index (χ0n) is 16.1. The maximum absolute atomic E-state index is 13.3. The summed E-state index contributed by atoms with van der Waals surface area (Å²) < 4.78 is 28.3. The van der Waals surface area contributed by atoms with Crippen LogP contribution in [0.1, 0.15) is 17.0 Å². The van der Waals surface area contributed by atoms with E-state index in [-0.39, 0.29) is 18.0 Å². The van der Waals surface area contributed by atoms with Crippen molar-refractivity contribution >= 4 is 10.0 Å². The summed E-state index contributed by atoms with van der Waals surface area (Å²) in [7, 11) is -3.50. The first-order valence-electron chi connectivity index (χ1n) is 9.72. The highest BCUT2D eigenvalue weighted by Gasteiger charge is 2.56. The van der Waals surface area contributed by atoms with Gasteiger partial charge in [-0.15, -0.1) is 0 Å². The molecule has 3 aromatic rings. The Balaban J connectivity index is 1.43. The third-order valence-corrected chi connectivity index (χ3v) is 7.89. The van der Waals surface area contributed by atoms with Crippen LogP contribution in [0, 0.1) is 6.92 Å². The number of benzene rings is 2. The van der Waals surface area contributed by atoms with E-state index in [1.54, 1.807) is 34.9 Å². The number of hydrogen-bond donors (Lipinski definition) is 1. The molecular weight excluding hydrogens is 384 g/mol. The van der Waals surface area contributed by atoms with Gasteiger partial charge in [0, 0.05) is 49.0 Å². The van der Waals surface area contributed by atoms with Gasteiger partial charge in [-0.2, -0.15) is 4.31 Å². The summed E-state index contributed by atoms with van der Waals surface area (Å²) in [5.41, 5.74) is 4.16. The molecule has 2 aliphatic rings. The smallest absolute Gasteiger partial charge is 0.243 e. The summed E-state index contributed by atoms with van der Waals surface area (Å²) in [5, 5.41) is 3.36. The zero-order valence-corrected chi connectivity index (χ0v) is 16.9. The van der Waals surface area contributed by atoms with E-state index in [4.69, 9.17) is 0 Å². The van der Waals surface area contributed by atoms with Gasteiger partial charge < -0.3 is 5.32 Å². The van der Waals surface area contributed by atoms with Crippen LogP contribution in [0.4, 0.5) is 0 Å². The molecule has 2 aromatic carbocycles. The van der Waals surface area contributed by atoms with Gasteiger partial charge in [-0.25, -0.2) is 18.4 Å². The molecule has 29 heavy (non-hydrogen) atoms. The van der Waals surface area contributed by atoms with E-state index in [2.05, 4.69) is 39.6 Å². The van der Waals surface area contributed by atoms with Gasteiger partial charge in [-0.05, 0) is 35.7 Å². The highest BCUT2D eigenvalue weighted by atomic mass is 32.2. The van der Waals surface area contributed by atoms with Gasteiger partial charge in [0.05, 0.1) is 4.90 Å². The molecule has 0 amide bonds. The van der Waals surface area contributed by atoms with Crippen molar-refractivity contribution in [2.45, 2.75) is 29.8 Å². The Hall–Kier alpha value is -2.61. The lowest BCUT2D eigenvalue weighted by Gasteiger charge is -2.57. The minimum Gasteiger partial charge on any atom is -0.313 e. The molecule has 1 N–H and O–H groups in total. The quantitative estimate of drug-likeness (QED) is 0.721. The average Bonchev–Trinajstić information content (AvgIpc) is 2.75. The summed E-state index contributed by atoms with van der Waals surface area (Å²) in [6.07, 6.45) is 5.10. The zero-order chi connectivity index (χ0) is 20.0. The molecule has 2 fully saturated rings. The van der Waals surface area contributed by atoms with Gasteiger partial charge in [0.2, 0.25) is 10.0 Å². The van der Waals surface area contributed by atoms with Crippen LogP contribution in [0.5, 0.6) is 0 Å². The average molecular weight is 407 g/mol. The molecule has 1 aromatic heterocycles. The van der Waals surface area contributed by atoms with Crippen molar-refractivity contribution in [1.29, 1.82) is 0 Å². The third-order valence-electron chi connectivity index (χ3n) is 5.94. The number of aryl methyl sites for hydroxylation is 1. The van der Waals surface area contributed by atoms with Crippen LogP contribution < -0.4 is 5.32 Å². The lowest BCUT2D eigenvalue weighted by atomic mass is 9.74. The number of piperazine rings is 1. The maximum atomic E-state index is 13.3. The van der Waals surface area contributed by atoms with Crippen LogP contribution in [0.3, 0.4) is 0 Å². The van der Waals surface area contributed by atoms with Crippen molar-refractivity contribution in [1.82, 2.24) is 19.6 Å². The SMILES string of the molecule is Cc1cccc(S(=O)(=O)N2[C@@H]3CNC[C@H]2C3c2ccc(-c3cncnc3)cc2)c1. The third kappa shape index (κ3) is 3.06. The second-order valence-electron chi connectivity index (χ2n) is 7.72. The lowest BCUT2D eigenvalue weighted by Crippen LogP contribution is -2.73. The Labute approximate surface area is 170 Å². The van der Waals surface area contributed by atoms with Gasteiger partial charge >= 0.3 is 0 Å². The van der Waals surface area contributed by atoms with E-state index in [0.717, 1.165) is 16.7 Å². The van der Waals surface area contributed by atoms with Gasteiger partial charge in [-0.3, -0.25) is 0 Å². The number of rotatable bonds is 4. The summed E-state index contributed by atoms with van der Waals surface area (Å²) >= 11 is 0. The van der Waals surface area contributed by atoms with Gasteiger partial charge in [-0.1, -0.05) is 36.4 Å². The minimum absolute atomic E-state index is 0.0647. The predicted octanol–water partition coefficient (Wildman–Crippen LogP) is 2.58. The molecule has 0 aliphatic carbocycles. The van der Waals surface area contributed by atoms with Crippen LogP contribution in [0.2, 0.25) is 0 Å². The fourth-order valence-electron chi connectivity index (χ4n) is 4.57. The monoisotopic (exact) mass is 406 g/mol. The normalized spacial score (nSPS) is 24.1. The molecule has 2 aliphatic heterocycles. The summed E-state index contributed by atoms with van der Waals surface area (Å²) in [4.78, 5) is 8.52. The molecule has 6 nitrogen and oxygen atoms in total. The molecule has 5 rings (SSSR count). The second kappa shape index (κ2) is 7.02. The van der Waals surface area contributed by atoms with E-state index >= 15 is 0 Å². The Kier molecular flexibility index (Phi) is 4.46. The number of sulfonamides is 1. The predicted molar refractivity (Wildman–Crippen MR) is 111 cm³/mol. The van der Waals surface area contributed by atoms with Crippen molar-refractivity contribution in [3.63, 3.8) is 0 Å². The number of piperidine rings is 1. The van der Waals surface area contributed by atoms with Gasteiger partial charge in [0.15, 0.2) is 0 Å². The fraction of sp³-hybridized carbons (Fsp3) is 0.273. The molecular formula is C22H22N4O2S. The first-order valence-corrected chi connectivity index (χ1v) is 11.2. The Morgan fingerprint density at radius 3 is 2.31 bits per heavy atom. The first kappa shape index (κ1) is 18.4. The largest absolute Gasteiger partial charge is 0.313 e. The van der Waals surface area contributed by atoms with Crippen molar-refractivity contribution in [3.8, 4) is 11.1 Å². The van der Waals surface area contributed by atoms with Gasteiger partial charge in [0.25, 0.3) is 0 Å². The van der Waals surface area contributed by atoms with Crippen molar-refractivity contribution in [3.05, 3.63) is 78.4 Å². The lowest BCUT2D eigenvalue weighted by molar-refractivity contribution is 0.0370. The molecule has 3 heterocycles. The molecule has 148 valence electrons. The molecule has 0 spiro atoms. The van der Waals surface area contributed by atoms with E-state index in [1.807, 2.05) is 13.0 Å². The minimum atomic E-state index is -3.50. The maximum Gasteiger partial charge on any atom is 0.243 e. The molecule has 7 heteroatoms. The van der Waals surface area contributed by atoms with Crippen LogP contribution in [-0.2, 0) is 10.0 Å². The molecule has 1 unspecified atom stereocenters. The van der Waals surface area contributed by atoms with Crippen LogP contribution in [0.15, 0.2) is 72.1 Å². The van der Waals surface area contributed by atoms with E-state index in [0.29, 0.717) is 18.0 Å². The van der Waals surface area contributed by atoms with Crippen molar-refractivity contribution < 1.29 is 8.42 Å². The highest BCUT2D eigenvalue weighted by molar-refractivity contribution is 7.89. The Bertz CT molecular complexity index is 1120. The van der Waals surface area contributed by atoms with Gasteiger partial charge in [0.1, 0.15) is 6.33 Å². The van der Waals surface area contributed by atoms with E-state index in [9.17, 15) is 8.42 Å². The van der Waals surface area contributed by atoms with Crippen molar-refractivity contribution in [2.24, 2.45) is 0 Å². The summed E-state index contributed by atoms with van der Waals surface area (Å²) in [6, 6.07) is 15.4. The highest BCUT2D eigenvalue weighted by Crippen LogP contribution is 2.46. The fourth-order valence-corrected chi connectivity index (χ4v) is 6.53. The van der Waals surface area contributed by atoms with Crippen LogP contribution in [-0.4, -0.2) is 47.9 Å². The Morgan fingerprint density at radius 2 is 1.66 bits per heavy atom. The van der Waals surface area contributed by atoms with Crippen LogP contribution in [0.25, 0.3) is 11.1 Å². The number of nitrogens with zero attached hydrogens (tertiary/aromatic N) is 3. The Morgan fingerprint density at radius 1 is 0.966 bits per heavy atom. The summed E-state index contributed by atoms with van der Waals surface area (Å²) in [5.74, 6) is 0.205. The van der Waals surface area contributed by atoms with Crippen molar-refractivity contribution in [2.75, 3.05) is 13.1 Å². The number of aromatic nitrogens is 2. The summed E-state index contributed by atoms with van der Waals surface area (Å²) in [6.45, 7) is 3.25. The standard InChI is InChI=1S/C22H22N4O2S/c1-15-3-2-4-19(9-15)29(27,28)26-20-12-23-13-21(26)22(20)17-7-5-16(6-8-17)18-10-24-14-25-11-18/h2-11,14,20-23H,12-13H2,1H3/t20-,21+,22?. The number of nitrogens with one attached hydrogen (secondary N) is 1. The number of hydrogen-bond acceptors (Lipinski definition) is 5. The first-order chi connectivity index (χ1) is 14.1. The molecule has 2 saturated heterocycles. The van der Waals surface area contributed by atoms with E-state index < -0.39 is 10.0 Å². The van der Waals surface area contributed by atoms with E-state index in [1.165, 1.54) is 11.9 Å². The van der Waals surface area contributed by atoms with Crippen LogP contribution >= 0.6 is 0 Å².